The number of anilines is 2. The molecule has 2 aromatic carbocycles. The van der Waals surface area contributed by atoms with Gasteiger partial charge in [-0.1, -0.05) is 12.2 Å². The van der Waals surface area contributed by atoms with Crippen molar-refractivity contribution >= 4 is 44.5 Å². The van der Waals surface area contributed by atoms with Crippen LogP contribution in [0.15, 0.2) is 40.9 Å². The number of nitrogens with one attached hydrogen (secondary N) is 1. The zero-order valence-corrected chi connectivity index (χ0v) is 12.0. The number of rotatable bonds is 3. The lowest BCUT2D eigenvalue weighted by Gasteiger charge is -2.11. The van der Waals surface area contributed by atoms with Gasteiger partial charge in [0.15, 0.2) is 5.82 Å². The van der Waals surface area contributed by atoms with Crippen LogP contribution in [-0.2, 0) is 0 Å². The summed E-state index contributed by atoms with van der Waals surface area (Å²) in [5.41, 5.74) is 6.73. The maximum atomic E-state index is 14.1. The van der Waals surface area contributed by atoms with Gasteiger partial charge in [-0.25, -0.2) is 8.78 Å². The molecule has 0 fully saturated rings. The molecule has 0 amide bonds. The molecule has 0 spiro atoms. The van der Waals surface area contributed by atoms with Crippen molar-refractivity contribution in [3.63, 3.8) is 0 Å². The van der Waals surface area contributed by atoms with Gasteiger partial charge in [-0.15, -0.1) is 0 Å². The van der Waals surface area contributed by atoms with Crippen LogP contribution in [0.25, 0.3) is 0 Å². The van der Waals surface area contributed by atoms with Crippen molar-refractivity contribution in [1.29, 1.82) is 0 Å². The van der Waals surface area contributed by atoms with E-state index < -0.39 is 5.82 Å². The summed E-state index contributed by atoms with van der Waals surface area (Å²) in [6.07, 6.45) is 0. The summed E-state index contributed by atoms with van der Waals surface area (Å²) in [5, 5.41) is 2.85. The Morgan fingerprint density at radius 2 is 1.74 bits per heavy atom. The fourth-order valence-corrected chi connectivity index (χ4v) is 2.39. The van der Waals surface area contributed by atoms with Gasteiger partial charge >= 0.3 is 0 Å². The molecule has 0 saturated carbocycles. The van der Waals surface area contributed by atoms with Crippen molar-refractivity contribution in [1.82, 2.24) is 0 Å². The zero-order chi connectivity index (χ0) is 14.0. The molecule has 98 valence electrons. The summed E-state index contributed by atoms with van der Waals surface area (Å²) in [7, 11) is 0. The minimum atomic E-state index is -0.505. The predicted octanol–water partition coefficient (Wildman–Crippen LogP) is 4.11. The normalized spacial score (nSPS) is 10.3. The Bertz CT molecular complexity index is 629. The van der Waals surface area contributed by atoms with Crippen LogP contribution in [0.3, 0.4) is 0 Å². The molecule has 0 aliphatic heterocycles. The van der Waals surface area contributed by atoms with Gasteiger partial charge in [0.1, 0.15) is 10.8 Å². The van der Waals surface area contributed by atoms with Gasteiger partial charge in [-0.2, -0.15) is 0 Å². The molecule has 0 aliphatic rings. The van der Waals surface area contributed by atoms with E-state index in [0.29, 0.717) is 11.3 Å². The second-order valence-electron chi connectivity index (χ2n) is 3.78. The first-order valence-electron chi connectivity index (χ1n) is 5.29. The highest BCUT2D eigenvalue weighted by Crippen LogP contribution is 2.29. The Balaban J connectivity index is 2.34. The number of nitrogens with two attached hydrogens (primary N) is 1. The van der Waals surface area contributed by atoms with Gasteiger partial charge in [0.05, 0.1) is 10.2 Å². The molecule has 0 heterocycles. The quantitative estimate of drug-likeness (QED) is 0.824. The van der Waals surface area contributed by atoms with Crippen molar-refractivity contribution in [2.45, 2.75) is 0 Å². The highest BCUT2D eigenvalue weighted by molar-refractivity contribution is 9.10. The molecule has 0 atom stereocenters. The van der Waals surface area contributed by atoms with Crippen LogP contribution in [0.4, 0.5) is 20.2 Å². The molecule has 0 aromatic heterocycles. The topological polar surface area (TPSA) is 38.0 Å². The summed E-state index contributed by atoms with van der Waals surface area (Å²) in [4.78, 5) is 0.110. The molecule has 0 saturated heterocycles. The summed E-state index contributed by atoms with van der Waals surface area (Å²) in [6.45, 7) is 0. The Labute approximate surface area is 122 Å². The maximum absolute atomic E-state index is 14.1. The van der Waals surface area contributed by atoms with E-state index in [0.717, 1.165) is 0 Å². The Morgan fingerprint density at radius 3 is 2.32 bits per heavy atom. The molecule has 0 aliphatic carbocycles. The zero-order valence-electron chi connectivity index (χ0n) is 9.58. The van der Waals surface area contributed by atoms with Crippen LogP contribution in [0.2, 0.25) is 0 Å². The molecular weight excluding hydrogens is 334 g/mol. The number of hydrogen-bond donors (Lipinski definition) is 2. The van der Waals surface area contributed by atoms with E-state index in [1.165, 1.54) is 30.3 Å². The molecule has 0 unspecified atom stereocenters. The van der Waals surface area contributed by atoms with Crippen LogP contribution in [0.5, 0.6) is 0 Å². The number of benzene rings is 2. The van der Waals surface area contributed by atoms with Gasteiger partial charge < -0.3 is 11.1 Å². The maximum Gasteiger partial charge on any atom is 0.161 e. The van der Waals surface area contributed by atoms with Crippen LogP contribution >= 0.6 is 28.1 Å². The highest BCUT2D eigenvalue weighted by Gasteiger charge is 2.12. The van der Waals surface area contributed by atoms with Crippen molar-refractivity contribution in [3.8, 4) is 0 Å². The third-order valence-corrected chi connectivity index (χ3v) is 3.47. The standard InChI is InChI=1S/C13H9BrF2N2S/c14-11-9(13(17)19)5-6-10(12(11)16)18-8-3-1-7(15)2-4-8/h1-6,18H,(H2,17,19). The lowest BCUT2D eigenvalue weighted by Crippen LogP contribution is -2.11. The van der Waals surface area contributed by atoms with Gasteiger partial charge in [-0.05, 0) is 52.3 Å². The first kappa shape index (κ1) is 13.9. The smallest absolute Gasteiger partial charge is 0.161 e. The lowest BCUT2D eigenvalue weighted by atomic mass is 10.2. The molecule has 2 nitrogen and oxygen atoms in total. The molecule has 0 bridgehead atoms. The van der Waals surface area contributed by atoms with Crippen molar-refractivity contribution < 1.29 is 8.78 Å². The second kappa shape index (κ2) is 5.63. The van der Waals surface area contributed by atoms with Gasteiger partial charge in [0.2, 0.25) is 0 Å². The summed E-state index contributed by atoms with van der Waals surface area (Å²) in [6, 6.07) is 8.75. The largest absolute Gasteiger partial charge is 0.389 e. The van der Waals surface area contributed by atoms with E-state index in [1.54, 1.807) is 6.07 Å². The van der Waals surface area contributed by atoms with E-state index in [1.807, 2.05) is 0 Å². The van der Waals surface area contributed by atoms with E-state index in [-0.39, 0.29) is 21.0 Å². The van der Waals surface area contributed by atoms with Gasteiger partial charge in [0, 0.05) is 11.3 Å². The van der Waals surface area contributed by atoms with Crippen molar-refractivity contribution in [2.24, 2.45) is 5.73 Å². The predicted molar refractivity (Wildman–Crippen MR) is 79.7 cm³/mol. The van der Waals surface area contributed by atoms with Crippen LogP contribution in [0, 0.1) is 11.6 Å². The average molecular weight is 343 g/mol. The number of thiocarbonyl (C=S) groups is 1. The van der Waals surface area contributed by atoms with E-state index >= 15 is 0 Å². The van der Waals surface area contributed by atoms with Gasteiger partial charge in [-0.3, -0.25) is 0 Å². The molecular formula is C13H9BrF2N2S. The van der Waals surface area contributed by atoms with Crippen LogP contribution < -0.4 is 11.1 Å². The Hall–Kier alpha value is -1.53. The number of halogens is 3. The van der Waals surface area contributed by atoms with Crippen molar-refractivity contribution in [2.75, 3.05) is 5.32 Å². The van der Waals surface area contributed by atoms with Crippen LogP contribution in [-0.4, -0.2) is 4.99 Å². The highest BCUT2D eigenvalue weighted by atomic mass is 79.9. The van der Waals surface area contributed by atoms with Crippen LogP contribution in [0.1, 0.15) is 5.56 Å². The molecule has 19 heavy (non-hydrogen) atoms. The van der Waals surface area contributed by atoms with E-state index in [4.69, 9.17) is 18.0 Å². The first-order chi connectivity index (χ1) is 8.99. The SMILES string of the molecule is NC(=S)c1ccc(Nc2ccc(F)cc2)c(F)c1Br. The van der Waals surface area contributed by atoms with Gasteiger partial charge in [0.25, 0.3) is 0 Å². The average Bonchev–Trinajstić information content (AvgIpc) is 2.37. The lowest BCUT2D eigenvalue weighted by molar-refractivity contribution is 0.624. The molecule has 2 aromatic rings. The first-order valence-corrected chi connectivity index (χ1v) is 6.49. The fraction of sp³-hybridized carbons (Fsp3) is 0. The molecule has 0 radical (unpaired) electrons. The summed E-state index contributed by atoms with van der Waals surface area (Å²) >= 11 is 7.93. The summed E-state index contributed by atoms with van der Waals surface area (Å²) < 4.78 is 27.1. The monoisotopic (exact) mass is 342 g/mol. The number of hydrogen-bond acceptors (Lipinski definition) is 2. The van der Waals surface area contributed by atoms with Crippen molar-refractivity contribution in [3.05, 3.63) is 58.1 Å². The fourth-order valence-electron chi connectivity index (χ4n) is 1.53. The summed E-state index contributed by atoms with van der Waals surface area (Å²) in [5.74, 6) is -0.856. The molecule has 6 heteroatoms. The van der Waals surface area contributed by atoms with E-state index in [2.05, 4.69) is 21.2 Å². The third-order valence-electron chi connectivity index (χ3n) is 2.47. The Morgan fingerprint density at radius 1 is 1.11 bits per heavy atom. The molecule has 3 N–H and O–H groups in total. The minimum Gasteiger partial charge on any atom is -0.389 e. The third kappa shape index (κ3) is 3.08. The Kier molecular flexibility index (Phi) is 4.11. The second-order valence-corrected chi connectivity index (χ2v) is 5.02. The minimum absolute atomic E-state index is 0.110. The van der Waals surface area contributed by atoms with E-state index in [9.17, 15) is 8.78 Å². The molecule has 2 rings (SSSR count).